The number of rotatable bonds is 4. The number of aryl methyl sites for hydroxylation is 1. The summed E-state index contributed by atoms with van der Waals surface area (Å²) in [5, 5.41) is 3.24. The van der Waals surface area contributed by atoms with E-state index in [0.717, 1.165) is 23.7 Å². The smallest absolute Gasteiger partial charge is 0.164 e. The Morgan fingerprint density at radius 1 is 1.05 bits per heavy atom. The van der Waals surface area contributed by atoms with Crippen molar-refractivity contribution in [2.24, 2.45) is 0 Å². The Labute approximate surface area is 112 Å². The van der Waals surface area contributed by atoms with Gasteiger partial charge in [-0.15, -0.1) is 0 Å². The van der Waals surface area contributed by atoms with Crippen LogP contribution < -0.4 is 5.32 Å². The molecule has 0 aliphatic carbocycles. The molecule has 0 aliphatic heterocycles. The summed E-state index contributed by atoms with van der Waals surface area (Å²) in [5.41, 5.74) is 2.46. The van der Waals surface area contributed by atoms with Crippen molar-refractivity contribution in [2.45, 2.75) is 26.3 Å². The van der Waals surface area contributed by atoms with Gasteiger partial charge in [-0.3, -0.25) is 0 Å². The Balaban J connectivity index is 2.26. The average molecular weight is 261 g/mol. The number of hydrogen-bond donors (Lipinski definition) is 1. The third kappa shape index (κ3) is 2.92. The molecule has 19 heavy (non-hydrogen) atoms. The Morgan fingerprint density at radius 2 is 1.79 bits per heavy atom. The van der Waals surface area contributed by atoms with Crippen LogP contribution in [0.15, 0.2) is 42.5 Å². The maximum Gasteiger partial charge on any atom is 0.164 e. The van der Waals surface area contributed by atoms with Crippen LogP contribution in [0.4, 0.5) is 14.5 Å². The number of nitrogens with one attached hydrogen (secondary N) is 1. The van der Waals surface area contributed by atoms with Crippen molar-refractivity contribution in [3.05, 3.63) is 65.2 Å². The van der Waals surface area contributed by atoms with E-state index in [1.165, 1.54) is 6.07 Å². The van der Waals surface area contributed by atoms with E-state index in [4.69, 9.17) is 0 Å². The van der Waals surface area contributed by atoms with Gasteiger partial charge >= 0.3 is 0 Å². The minimum Gasteiger partial charge on any atom is -0.378 e. The predicted octanol–water partition coefficient (Wildman–Crippen LogP) is 4.70. The summed E-state index contributed by atoms with van der Waals surface area (Å²) in [5.74, 6) is -1.59. The van der Waals surface area contributed by atoms with Gasteiger partial charge in [-0.2, -0.15) is 0 Å². The topological polar surface area (TPSA) is 12.0 Å². The van der Waals surface area contributed by atoms with Crippen LogP contribution in [0.5, 0.6) is 0 Å². The standard InChI is InChI=1S/C16H17F2N/c1-3-12-7-4-5-10-15(12)19-11(2)13-8-6-9-14(17)16(13)18/h4-11,19H,3H2,1-2H3. The number of anilines is 1. The number of halogens is 2. The summed E-state index contributed by atoms with van der Waals surface area (Å²) in [7, 11) is 0. The Hall–Kier alpha value is -1.90. The van der Waals surface area contributed by atoms with Crippen molar-refractivity contribution in [3.8, 4) is 0 Å². The first-order valence-electron chi connectivity index (χ1n) is 6.41. The fraction of sp³-hybridized carbons (Fsp3) is 0.250. The second-order valence-electron chi connectivity index (χ2n) is 4.52. The van der Waals surface area contributed by atoms with Crippen molar-refractivity contribution in [2.75, 3.05) is 5.32 Å². The first-order chi connectivity index (χ1) is 9.13. The molecule has 1 nitrogen and oxygen atoms in total. The lowest BCUT2D eigenvalue weighted by atomic mass is 10.1. The zero-order valence-corrected chi connectivity index (χ0v) is 11.1. The van der Waals surface area contributed by atoms with Gasteiger partial charge in [-0.1, -0.05) is 37.3 Å². The molecule has 0 amide bonds. The fourth-order valence-corrected chi connectivity index (χ4v) is 2.14. The summed E-state index contributed by atoms with van der Waals surface area (Å²) in [4.78, 5) is 0. The molecule has 1 atom stereocenters. The Morgan fingerprint density at radius 3 is 2.53 bits per heavy atom. The minimum atomic E-state index is -0.810. The fourth-order valence-electron chi connectivity index (χ4n) is 2.14. The lowest BCUT2D eigenvalue weighted by Crippen LogP contribution is -2.10. The number of hydrogen-bond acceptors (Lipinski definition) is 1. The Bertz CT molecular complexity index is 566. The van der Waals surface area contributed by atoms with Gasteiger partial charge in [0.25, 0.3) is 0 Å². The summed E-state index contributed by atoms with van der Waals surface area (Å²) in [6.07, 6.45) is 0.890. The van der Waals surface area contributed by atoms with E-state index in [1.807, 2.05) is 31.2 Å². The van der Waals surface area contributed by atoms with E-state index < -0.39 is 11.6 Å². The quantitative estimate of drug-likeness (QED) is 0.841. The maximum absolute atomic E-state index is 13.7. The van der Waals surface area contributed by atoms with Crippen molar-refractivity contribution in [1.82, 2.24) is 0 Å². The summed E-state index contributed by atoms with van der Waals surface area (Å²) < 4.78 is 26.9. The second kappa shape index (κ2) is 5.83. The van der Waals surface area contributed by atoms with Crippen LogP contribution >= 0.6 is 0 Å². The zero-order valence-electron chi connectivity index (χ0n) is 11.1. The van der Waals surface area contributed by atoms with Crippen molar-refractivity contribution in [1.29, 1.82) is 0 Å². The van der Waals surface area contributed by atoms with Crippen LogP contribution in [-0.2, 0) is 6.42 Å². The third-order valence-corrected chi connectivity index (χ3v) is 3.22. The van der Waals surface area contributed by atoms with Crippen LogP contribution in [0.1, 0.15) is 31.0 Å². The first kappa shape index (κ1) is 13.5. The minimum absolute atomic E-state index is 0.289. The molecule has 0 aliphatic rings. The van der Waals surface area contributed by atoms with Gasteiger partial charge in [0.15, 0.2) is 11.6 Å². The highest BCUT2D eigenvalue weighted by Gasteiger charge is 2.14. The highest BCUT2D eigenvalue weighted by Crippen LogP contribution is 2.25. The second-order valence-corrected chi connectivity index (χ2v) is 4.52. The number of benzene rings is 2. The highest BCUT2D eigenvalue weighted by atomic mass is 19.2. The maximum atomic E-state index is 13.7. The summed E-state index contributed by atoms with van der Waals surface area (Å²) in [6, 6.07) is 11.8. The molecule has 1 unspecified atom stereocenters. The molecule has 2 aromatic carbocycles. The molecule has 2 rings (SSSR count). The average Bonchev–Trinajstić information content (AvgIpc) is 2.42. The zero-order chi connectivity index (χ0) is 13.8. The van der Waals surface area contributed by atoms with E-state index in [9.17, 15) is 8.78 Å². The molecule has 3 heteroatoms. The summed E-state index contributed by atoms with van der Waals surface area (Å²) in [6.45, 7) is 3.89. The van der Waals surface area contributed by atoms with E-state index in [1.54, 1.807) is 6.07 Å². The van der Waals surface area contributed by atoms with Gasteiger partial charge in [0, 0.05) is 11.3 Å². The molecule has 0 bridgehead atoms. The van der Waals surface area contributed by atoms with Crippen LogP contribution in [0.25, 0.3) is 0 Å². The number of para-hydroxylation sites is 1. The predicted molar refractivity (Wildman–Crippen MR) is 74.2 cm³/mol. The molecule has 0 saturated heterocycles. The van der Waals surface area contributed by atoms with Gasteiger partial charge < -0.3 is 5.32 Å². The van der Waals surface area contributed by atoms with Crippen molar-refractivity contribution in [3.63, 3.8) is 0 Å². The molecule has 0 saturated carbocycles. The van der Waals surface area contributed by atoms with Crippen LogP contribution in [0.2, 0.25) is 0 Å². The van der Waals surface area contributed by atoms with E-state index in [2.05, 4.69) is 12.2 Å². The SMILES string of the molecule is CCc1ccccc1NC(C)c1cccc(F)c1F. The molecule has 100 valence electrons. The molecular formula is C16H17F2N. The summed E-state index contributed by atoms with van der Waals surface area (Å²) >= 11 is 0. The molecule has 0 fully saturated rings. The van der Waals surface area contributed by atoms with Gasteiger partial charge in [-0.05, 0) is 31.0 Å². The molecular weight excluding hydrogens is 244 g/mol. The van der Waals surface area contributed by atoms with Crippen LogP contribution in [0, 0.1) is 11.6 Å². The lowest BCUT2D eigenvalue weighted by Gasteiger charge is -2.18. The van der Waals surface area contributed by atoms with Gasteiger partial charge in [0.05, 0.1) is 6.04 Å². The largest absolute Gasteiger partial charge is 0.378 e. The molecule has 2 aromatic rings. The van der Waals surface area contributed by atoms with Crippen molar-refractivity contribution < 1.29 is 8.78 Å². The van der Waals surface area contributed by atoms with Crippen LogP contribution in [-0.4, -0.2) is 0 Å². The van der Waals surface area contributed by atoms with Crippen LogP contribution in [0.3, 0.4) is 0 Å². The first-order valence-corrected chi connectivity index (χ1v) is 6.41. The van der Waals surface area contributed by atoms with Gasteiger partial charge in [0.2, 0.25) is 0 Å². The Kier molecular flexibility index (Phi) is 4.15. The molecule has 0 spiro atoms. The highest BCUT2D eigenvalue weighted by molar-refractivity contribution is 5.52. The normalized spacial score (nSPS) is 12.2. The van der Waals surface area contributed by atoms with Gasteiger partial charge in [-0.25, -0.2) is 8.78 Å². The van der Waals surface area contributed by atoms with Gasteiger partial charge in [0.1, 0.15) is 0 Å². The molecule has 0 heterocycles. The van der Waals surface area contributed by atoms with E-state index >= 15 is 0 Å². The third-order valence-electron chi connectivity index (χ3n) is 3.22. The van der Waals surface area contributed by atoms with Crippen molar-refractivity contribution >= 4 is 5.69 Å². The van der Waals surface area contributed by atoms with E-state index in [0.29, 0.717) is 5.56 Å². The monoisotopic (exact) mass is 261 g/mol. The molecule has 1 N–H and O–H groups in total. The lowest BCUT2D eigenvalue weighted by molar-refractivity contribution is 0.494. The molecule has 0 radical (unpaired) electrons. The molecule has 0 aromatic heterocycles. The van der Waals surface area contributed by atoms with E-state index in [-0.39, 0.29) is 6.04 Å².